The normalized spacial score (nSPS) is 11.8. The molecule has 2 rings (SSSR count). The Hall–Kier alpha value is -2.08. The number of methoxy groups -OCH3 is 1. The molecule has 110 valence electrons. The van der Waals surface area contributed by atoms with E-state index in [9.17, 15) is 9.18 Å². The zero-order valence-corrected chi connectivity index (χ0v) is 12.9. The van der Waals surface area contributed by atoms with E-state index in [1.54, 1.807) is 37.4 Å². The highest BCUT2D eigenvalue weighted by molar-refractivity contribution is 9.10. The van der Waals surface area contributed by atoms with Crippen LogP contribution in [0.25, 0.3) is 0 Å². The molecule has 4 nitrogen and oxygen atoms in total. The number of anilines is 1. The number of benzene rings is 2. The number of hydrogen-bond acceptors (Lipinski definition) is 3. The van der Waals surface area contributed by atoms with Gasteiger partial charge in [0, 0.05) is 5.69 Å². The van der Waals surface area contributed by atoms with Crippen LogP contribution in [0.2, 0.25) is 0 Å². The zero-order valence-electron chi connectivity index (χ0n) is 11.3. The van der Waals surface area contributed by atoms with Crippen molar-refractivity contribution in [3.8, 4) is 5.75 Å². The zero-order chi connectivity index (χ0) is 15.4. The molecule has 2 aromatic rings. The molecule has 21 heavy (non-hydrogen) atoms. The maximum Gasteiger partial charge on any atom is 0.244 e. The van der Waals surface area contributed by atoms with Crippen molar-refractivity contribution >= 4 is 27.5 Å². The Labute approximate surface area is 130 Å². The van der Waals surface area contributed by atoms with E-state index >= 15 is 0 Å². The minimum absolute atomic E-state index is 0.344. The number of hydrogen-bond donors (Lipinski definition) is 2. The molecule has 6 heteroatoms. The van der Waals surface area contributed by atoms with Gasteiger partial charge in [-0.2, -0.15) is 0 Å². The van der Waals surface area contributed by atoms with Crippen LogP contribution in [0.3, 0.4) is 0 Å². The first-order chi connectivity index (χ1) is 10.0. The highest BCUT2D eigenvalue weighted by Gasteiger charge is 2.18. The molecule has 0 heterocycles. The van der Waals surface area contributed by atoms with Crippen LogP contribution < -0.4 is 15.8 Å². The molecule has 3 N–H and O–H groups in total. The number of carbonyl (C=O) groups is 1. The number of amides is 1. The first-order valence-corrected chi connectivity index (χ1v) is 6.95. The van der Waals surface area contributed by atoms with Gasteiger partial charge in [-0.25, -0.2) is 4.39 Å². The molecule has 0 aliphatic rings. The topological polar surface area (TPSA) is 64.3 Å². The van der Waals surface area contributed by atoms with Gasteiger partial charge < -0.3 is 15.8 Å². The van der Waals surface area contributed by atoms with Gasteiger partial charge >= 0.3 is 0 Å². The second-order valence-corrected chi connectivity index (χ2v) is 5.23. The number of ether oxygens (including phenoxy) is 1. The summed E-state index contributed by atoms with van der Waals surface area (Å²) in [5, 5.41) is 2.98. The van der Waals surface area contributed by atoms with E-state index in [1.165, 1.54) is 12.1 Å². The van der Waals surface area contributed by atoms with Crippen molar-refractivity contribution in [2.24, 2.45) is 5.73 Å². The molecule has 0 saturated heterocycles. The Morgan fingerprint density at radius 2 is 1.95 bits per heavy atom. The molecule has 0 bridgehead atoms. The largest absolute Gasteiger partial charge is 0.496 e. The van der Waals surface area contributed by atoms with Gasteiger partial charge in [-0.15, -0.1) is 0 Å². The minimum atomic E-state index is -0.724. The van der Waals surface area contributed by atoms with Gasteiger partial charge in [0.05, 0.1) is 11.6 Å². The predicted molar refractivity (Wildman–Crippen MR) is 82.7 cm³/mol. The summed E-state index contributed by atoms with van der Waals surface area (Å²) in [6.07, 6.45) is 0. The molecular weight excluding hydrogens is 339 g/mol. The Bertz CT molecular complexity index is 647. The molecule has 1 amide bonds. The third-order valence-corrected chi connectivity index (χ3v) is 3.57. The number of nitrogens with two attached hydrogens (primary N) is 1. The van der Waals surface area contributed by atoms with E-state index in [-0.39, 0.29) is 5.82 Å². The molecule has 0 aliphatic carbocycles. The molecule has 0 aromatic heterocycles. The number of nitrogens with one attached hydrogen (secondary N) is 1. The van der Waals surface area contributed by atoms with Crippen molar-refractivity contribution in [1.82, 2.24) is 0 Å². The number of primary amides is 1. The lowest BCUT2D eigenvalue weighted by atomic mass is 10.1. The van der Waals surface area contributed by atoms with Gasteiger partial charge in [-0.1, -0.05) is 6.07 Å². The van der Waals surface area contributed by atoms with Crippen LogP contribution in [-0.4, -0.2) is 13.0 Å². The van der Waals surface area contributed by atoms with Crippen molar-refractivity contribution in [1.29, 1.82) is 0 Å². The van der Waals surface area contributed by atoms with E-state index in [0.717, 1.165) is 4.47 Å². The van der Waals surface area contributed by atoms with Crippen LogP contribution in [0, 0.1) is 5.82 Å². The average Bonchev–Trinajstić information content (AvgIpc) is 2.46. The van der Waals surface area contributed by atoms with Gasteiger partial charge in [-0.3, -0.25) is 4.79 Å². The summed E-state index contributed by atoms with van der Waals surface area (Å²) in [5.74, 6) is -0.219. The van der Waals surface area contributed by atoms with Crippen molar-refractivity contribution in [2.45, 2.75) is 6.04 Å². The Morgan fingerprint density at radius 1 is 1.29 bits per heavy atom. The minimum Gasteiger partial charge on any atom is -0.496 e. The summed E-state index contributed by atoms with van der Waals surface area (Å²) >= 11 is 3.37. The Kier molecular flexibility index (Phi) is 4.80. The summed E-state index contributed by atoms with van der Waals surface area (Å²) in [5.41, 5.74) is 6.73. The molecule has 0 spiro atoms. The van der Waals surface area contributed by atoms with Gasteiger partial charge in [0.25, 0.3) is 0 Å². The van der Waals surface area contributed by atoms with Gasteiger partial charge in [0.15, 0.2) is 0 Å². The number of carbonyl (C=O) groups excluding carboxylic acids is 1. The molecule has 0 fully saturated rings. The fourth-order valence-corrected chi connectivity index (χ4v) is 2.45. The van der Waals surface area contributed by atoms with E-state index in [2.05, 4.69) is 21.2 Å². The van der Waals surface area contributed by atoms with Crippen LogP contribution >= 0.6 is 15.9 Å². The SMILES string of the molecule is COc1ccc(C(Nc2ccc(F)cc2)C(N)=O)cc1Br. The van der Waals surface area contributed by atoms with Crippen molar-refractivity contribution in [3.05, 3.63) is 58.3 Å². The van der Waals surface area contributed by atoms with Crippen molar-refractivity contribution in [2.75, 3.05) is 12.4 Å². The molecule has 0 radical (unpaired) electrons. The van der Waals surface area contributed by atoms with E-state index in [4.69, 9.17) is 10.5 Å². The second-order valence-electron chi connectivity index (χ2n) is 4.38. The molecule has 0 aliphatic heterocycles. The van der Waals surface area contributed by atoms with Gasteiger partial charge in [0.1, 0.15) is 17.6 Å². The third kappa shape index (κ3) is 3.72. The Balaban J connectivity index is 2.28. The Morgan fingerprint density at radius 3 is 2.48 bits per heavy atom. The lowest BCUT2D eigenvalue weighted by molar-refractivity contribution is -0.118. The van der Waals surface area contributed by atoms with Crippen LogP contribution in [0.15, 0.2) is 46.9 Å². The molecule has 0 saturated carbocycles. The van der Waals surface area contributed by atoms with E-state index < -0.39 is 11.9 Å². The average molecular weight is 353 g/mol. The van der Waals surface area contributed by atoms with Crippen LogP contribution in [0.1, 0.15) is 11.6 Å². The third-order valence-electron chi connectivity index (χ3n) is 2.95. The molecule has 2 aromatic carbocycles. The second kappa shape index (κ2) is 6.58. The number of rotatable bonds is 5. The summed E-state index contributed by atoms with van der Waals surface area (Å²) in [6.45, 7) is 0. The monoisotopic (exact) mass is 352 g/mol. The smallest absolute Gasteiger partial charge is 0.244 e. The lowest BCUT2D eigenvalue weighted by Gasteiger charge is -2.18. The molecule has 1 unspecified atom stereocenters. The first kappa shape index (κ1) is 15.3. The predicted octanol–water partition coefficient (Wildman–Crippen LogP) is 3.24. The van der Waals surface area contributed by atoms with Gasteiger partial charge in [0.2, 0.25) is 5.91 Å². The first-order valence-electron chi connectivity index (χ1n) is 6.16. The maximum atomic E-state index is 12.9. The maximum absolute atomic E-state index is 12.9. The standard InChI is InChI=1S/C15H14BrFN2O2/c1-21-13-7-2-9(8-12(13)16)14(15(18)20)19-11-5-3-10(17)4-6-11/h2-8,14,19H,1H3,(H2,18,20). The van der Waals surface area contributed by atoms with Crippen LogP contribution in [-0.2, 0) is 4.79 Å². The van der Waals surface area contributed by atoms with E-state index in [1.807, 2.05) is 0 Å². The molecular formula is C15H14BrFN2O2. The molecule has 1 atom stereocenters. The van der Waals surface area contributed by atoms with Crippen LogP contribution in [0.5, 0.6) is 5.75 Å². The summed E-state index contributed by atoms with van der Waals surface area (Å²) in [4.78, 5) is 11.7. The highest BCUT2D eigenvalue weighted by Crippen LogP contribution is 2.29. The fraction of sp³-hybridized carbons (Fsp3) is 0.133. The van der Waals surface area contributed by atoms with Gasteiger partial charge in [-0.05, 0) is 57.9 Å². The summed E-state index contributed by atoms with van der Waals surface area (Å²) in [6, 6.07) is 10.2. The number of halogens is 2. The fourth-order valence-electron chi connectivity index (χ4n) is 1.89. The summed E-state index contributed by atoms with van der Waals surface area (Å²) < 4.78 is 18.8. The summed E-state index contributed by atoms with van der Waals surface area (Å²) in [7, 11) is 1.56. The van der Waals surface area contributed by atoms with E-state index in [0.29, 0.717) is 17.0 Å². The highest BCUT2D eigenvalue weighted by atomic mass is 79.9. The van der Waals surface area contributed by atoms with Crippen LogP contribution in [0.4, 0.5) is 10.1 Å². The quantitative estimate of drug-likeness (QED) is 0.868. The lowest BCUT2D eigenvalue weighted by Crippen LogP contribution is -2.27. The van der Waals surface area contributed by atoms with Crippen molar-refractivity contribution < 1.29 is 13.9 Å². The van der Waals surface area contributed by atoms with Crippen molar-refractivity contribution in [3.63, 3.8) is 0 Å².